The Morgan fingerprint density at radius 1 is 1.57 bits per heavy atom. The predicted molar refractivity (Wildman–Crippen MR) is 49.4 cm³/mol. The molecule has 1 aromatic rings. The van der Waals surface area contributed by atoms with Gasteiger partial charge in [-0.15, -0.1) is 0 Å². The standard InChI is InChI=1S/C9H13N3O2/c13-8-5-12(6-8)9(14)1-3-11-4-2-10-7-11/h2,4,7-8,13H,1,3,5-6H2. The van der Waals surface area contributed by atoms with Crippen molar-refractivity contribution in [1.29, 1.82) is 0 Å². The van der Waals surface area contributed by atoms with E-state index in [2.05, 4.69) is 4.98 Å². The number of hydrogen-bond acceptors (Lipinski definition) is 3. The average molecular weight is 195 g/mol. The summed E-state index contributed by atoms with van der Waals surface area (Å²) in [6.45, 7) is 1.64. The van der Waals surface area contributed by atoms with Gasteiger partial charge in [-0.3, -0.25) is 4.79 Å². The quantitative estimate of drug-likeness (QED) is 0.705. The summed E-state index contributed by atoms with van der Waals surface area (Å²) in [5.41, 5.74) is 0. The number of aromatic nitrogens is 2. The first-order chi connectivity index (χ1) is 6.75. The summed E-state index contributed by atoms with van der Waals surface area (Å²) in [6.07, 6.45) is 5.38. The maximum atomic E-state index is 11.4. The van der Waals surface area contributed by atoms with E-state index < -0.39 is 0 Å². The molecule has 0 atom stereocenters. The van der Waals surface area contributed by atoms with E-state index >= 15 is 0 Å². The topological polar surface area (TPSA) is 58.4 Å². The Bertz CT molecular complexity index is 304. The highest BCUT2D eigenvalue weighted by Gasteiger charge is 2.27. The summed E-state index contributed by atoms with van der Waals surface area (Å²) in [5.74, 6) is 0.101. The van der Waals surface area contributed by atoms with Gasteiger partial charge in [-0.25, -0.2) is 4.98 Å². The monoisotopic (exact) mass is 195 g/mol. The molecular weight excluding hydrogens is 182 g/mol. The van der Waals surface area contributed by atoms with Gasteiger partial charge in [0.15, 0.2) is 0 Å². The molecule has 76 valence electrons. The highest BCUT2D eigenvalue weighted by molar-refractivity contribution is 5.77. The molecule has 1 saturated heterocycles. The Balaban J connectivity index is 1.73. The molecule has 1 aliphatic heterocycles. The second kappa shape index (κ2) is 3.79. The van der Waals surface area contributed by atoms with Gasteiger partial charge in [-0.1, -0.05) is 0 Å². The summed E-state index contributed by atoms with van der Waals surface area (Å²) in [5, 5.41) is 9.01. The fraction of sp³-hybridized carbons (Fsp3) is 0.556. The molecule has 2 rings (SSSR count). The fourth-order valence-corrected chi connectivity index (χ4v) is 1.46. The largest absolute Gasteiger partial charge is 0.389 e. The summed E-state index contributed by atoms with van der Waals surface area (Å²) in [4.78, 5) is 17.0. The van der Waals surface area contributed by atoms with Crippen LogP contribution < -0.4 is 0 Å². The maximum absolute atomic E-state index is 11.4. The third-order valence-electron chi connectivity index (χ3n) is 2.36. The van der Waals surface area contributed by atoms with Gasteiger partial charge in [0.2, 0.25) is 5.91 Å². The second-order valence-electron chi connectivity index (χ2n) is 3.50. The zero-order valence-electron chi connectivity index (χ0n) is 7.83. The molecule has 1 N–H and O–H groups in total. The van der Waals surface area contributed by atoms with E-state index in [9.17, 15) is 4.79 Å². The van der Waals surface area contributed by atoms with Gasteiger partial charge in [0.05, 0.1) is 12.4 Å². The Labute approximate surface area is 82.0 Å². The van der Waals surface area contributed by atoms with Crippen LogP contribution in [-0.2, 0) is 11.3 Å². The van der Waals surface area contributed by atoms with Crippen LogP contribution in [0.3, 0.4) is 0 Å². The maximum Gasteiger partial charge on any atom is 0.224 e. The van der Waals surface area contributed by atoms with Crippen molar-refractivity contribution in [3.63, 3.8) is 0 Å². The number of hydrogen-bond donors (Lipinski definition) is 1. The van der Waals surface area contributed by atoms with E-state index in [1.54, 1.807) is 17.4 Å². The van der Waals surface area contributed by atoms with Crippen LogP contribution >= 0.6 is 0 Å². The number of aliphatic hydroxyl groups excluding tert-OH is 1. The molecule has 1 fully saturated rings. The number of rotatable bonds is 3. The first-order valence-corrected chi connectivity index (χ1v) is 4.67. The number of aryl methyl sites for hydroxylation is 1. The molecule has 0 spiro atoms. The lowest BCUT2D eigenvalue weighted by molar-refractivity contribution is -0.141. The summed E-state index contributed by atoms with van der Waals surface area (Å²) in [7, 11) is 0. The van der Waals surface area contributed by atoms with Crippen molar-refractivity contribution in [1.82, 2.24) is 14.5 Å². The highest BCUT2D eigenvalue weighted by Crippen LogP contribution is 2.09. The van der Waals surface area contributed by atoms with Gasteiger partial charge in [-0.05, 0) is 0 Å². The molecule has 14 heavy (non-hydrogen) atoms. The predicted octanol–water partition coefficient (Wildman–Crippen LogP) is -0.524. The number of β-amino-alcohol motifs (C(OH)–C–C–N with tert-alkyl or cyclic N) is 1. The van der Waals surface area contributed by atoms with Crippen molar-refractivity contribution in [2.24, 2.45) is 0 Å². The minimum absolute atomic E-state index is 0.101. The first kappa shape index (κ1) is 9.21. The number of likely N-dealkylation sites (tertiary alicyclic amines) is 1. The normalized spacial score (nSPS) is 16.8. The molecule has 0 unspecified atom stereocenters. The van der Waals surface area contributed by atoms with E-state index in [1.165, 1.54) is 0 Å². The van der Waals surface area contributed by atoms with Crippen molar-refractivity contribution in [3.05, 3.63) is 18.7 Å². The fourth-order valence-electron chi connectivity index (χ4n) is 1.46. The third-order valence-corrected chi connectivity index (χ3v) is 2.36. The van der Waals surface area contributed by atoms with Gasteiger partial charge < -0.3 is 14.6 Å². The van der Waals surface area contributed by atoms with E-state index in [4.69, 9.17) is 5.11 Å². The summed E-state index contributed by atoms with van der Waals surface area (Å²) in [6, 6.07) is 0. The second-order valence-corrected chi connectivity index (χ2v) is 3.50. The summed E-state index contributed by atoms with van der Waals surface area (Å²) >= 11 is 0. The number of carbonyl (C=O) groups excluding carboxylic acids is 1. The lowest BCUT2D eigenvalue weighted by Crippen LogP contribution is -2.53. The van der Waals surface area contributed by atoms with Crippen molar-refractivity contribution in [2.45, 2.75) is 19.1 Å². The average Bonchev–Trinajstić information content (AvgIpc) is 2.61. The molecule has 5 nitrogen and oxygen atoms in total. The zero-order chi connectivity index (χ0) is 9.97. The van der Waals surface area contributed by atoms with Gasteiger partial charge in [0.1, 0.15) is 0 Å². The van der Waals surface area contributed by atoms with Crippen molar-refractivity contribution in [3.8, 4) is 0 Å². The van der Waals surface area contributed by atoms with Crippen molar-refractivity contribution in [2.75, 3.05) is 13.1 Å². The van der Waals surface area contributed by atoms with Crippen LogP contribution in [0.4, 0.5) is 0 Å². The molecule has 0 saturated carbocycles. The molecule has 2 heterocycles. The number of carbonyl (C=O) groups is 1. The molecule has 1 amide bonds. The van der Waals surface area contributed by atoms with Gasteiger partial charge in [0, 0.05) is 38.4 Å². The van der Waals surface area contributed by atoms with Crippen molar-refractivity contribution < 1.29 is 9.90 Å². The lowest BCUT2D eigenvalue weighted by atomic mass is 10.1. The van der Waals surface area contributed by atoms with Crippen LogP contribution in [0.25, 0.3) is 0 Å². The number of imidazole rings is 1. The minimum atomic E-state index is -0.313. The Kier molecular flexibility index (Phi) is 2.49. The van der Waals surface area contributed by atoms with E-state index in [0.29, 0.717) is 26.1 Å². The Morgan fingerprint density at radius 2 is 2.36 bits per heavy atom. The third kappa shape index (κ3) is 1.93. The molecule has 0 aromatic carbocycles. The zero-order valence-corrected chi connectivity index (χ0v) is 7.83. The van der Waals surface area contributed by atoms with Gasteiger partial charge in [0.25, 0.3) is 0 Å². The molecule has 0 bridgehead atoms. The van der Waals surface area contributed by atoms with Crippen LogP contribution in [0.1, 0.15) is 6.42 Å². The first-order valence-electron chi connectivity index (χ1n) is 4.67. The van der Waals surface area contributed by atoms with Crippen LogP contribution in [-0.4, -0.2) is 44.7 Å². The van der Waals surface area contributed by atoms with Gasteiger partial charge in [-0.2, -0.15) is 0 Å². The SMILES string of the molecule is O=C(CCn1ccnc1)N1CC(O)C1. The molecule has 1 aliphatic rings. The number of nitrogens with zero attached hydrogens (tertiary/aromatic N) is 3. The smallest absolute Gasteiger partial charge is 0.224 e. The van der Waals surface area contributed by atoms with Crippen LogP contribution in [0.2, 0.25) is 0 Å². The van der Waals surface area contributed by atoms with E-state index in [1.807, 2.05) is 10.8 Å². The molecule has 0 radical (unpaired) electrons. The van der Waals surface area contributed by atoms with Gasteiger partial charge >= 0.3 is 0 Å². The van der Waals surface area contributed by atoms with E-state index in [-0.39, 0.29) is 12.0 Å². The Morgan fingerprint density at radius 3 is 2.93 bits per heavy atom. The molecular formula is C9H13N3O2. The number of amides is 1. The lowest BCUT2D eigenvalue weighted by Gasteiger charge is -2.35. The van der Waals surface area contributed by atoms with Crippen molar-refractivity contribution >= 4 is 5.91 Å². The molecule has 0 aliphatic carbocycles. The minimum Gasteiger partial charge on any atom is -0.389 e. The highest BCUT2D eigenvalue weighted by atomic mass is 16.3. The molecule has 5 heteroatoms. The van der Waals surface area contributed by atoms with Crippen LogP contribution in [0, 0.1) is 0 Å². The number of aliphatic hydroxyl groups is 1. The summed E-state index contributed by atoms with van der Waals surface area (Å²) < 4.78 is 1.87. The Hall–Kier alpha value is -1.36. The van der Waals surface area contributed by atoms with Crippen LogP contribution in [0.5, 0.6) is 0 Å². The van der Waals surface area contributed by atoms with Crippen LogP contribution in [0.15, 0.2) is 18.7 Å². The van der Waals surface area contributed by atoms with E-state index in [0.717, 1.165) is 0 Å². The molecule has 1 aromatic heterocycles.